The lowest BCUT2D eigenvalue weighted by Gasteiger charge is -2.34. The number of ether oxygens (including phenoxy) is 2. The molecular weight excluding hydrogens is 364 g/mol. The predicted molar refractivity (Wildman–Crippen MR) is 113 cm³/mol. The molecule has 29 heavy (non-hydrogen) atoms. The summed E-state index contributed by atoms with van der Waals surface area (Å²) < 4.78 is 11.4. The van der Waals surface area contributed by atoms with E-state index < -0.39 is 5.41 Å². The molecule has 1 saturated carbocycles. The summed E-state index contributed by atoms with van der Waals surface area (Å²) in [6.45, 7) is 3.96. The van der Waals surface area contributed by atoms with Crippen LogP contribution in [0.1, 0.15) is 29.5 Å². The molecule has 2 aliphatic rings. The molecule has 1 unspecified atom stereocenters. The maximum atomic E-state index is 13.9. The molecule has 0 aromatic heterocycles. The highest BCUT2D eigenvalue weighted by Crippen LogP contribution is 2.50. The molecule has 2 aromatic rings. The lowest BCUT2D eigenvalue weighted by molar-refractivity contribution is -0.137. The highest BCUT2D eigenvalue weighted by Gasteiger charge is 2.54. The summed E-state index contributed by atoms with van der Waals surface area (Å²) in [6, 6.07) is 14.2. The van der Waals surface area contributed by atoms with Crippen molar-refractivity contribution in [3.8, 4) is 11.5 Å². The lowest BCUT2D eigenvalue weighted by atomic mass is 9.93. The lowest BCUT2D eigenvalue weighted by Crippen LogP contribution is -2.50. The number of carbonyl (C=O) groups is 1. The monoisotopic (exact) mass is 394 g/mol. The molecule has 2 aromatic carbocycles. The van der Waals surface area contributed by atoms with Crippen LogP contribution >= 0.6 is 0 Å². The molecule has 4 rings (SSSR count). The maximum Gasteiger partial charge on any atom is 0.233 e. The van der Waals surface area contributed by atoms with Crippen LogP contribution in [-0.4, -0.2) is 56.1 Å². The van der Waals surface area contributed by atoms with Crippen LogP contribution in [0, 0.1) is 6.92 Å². The first-order chi connectivity index (χ1) is 13.9. The van der Waals surface area contributed by atoms with E-state index in [9.17, 15) is 4.79 Å². The third-order valence-electron chi connectivity index (χ3n) is 6.07. The third kappa shape index (κ3) is 3.84. The van der Waals surface area contributed by atoms with E-state index in [1.165, 1.54) is 5.56 Å². The molecule has 0 bridgehead atoms. The molecule has 154 valence electrons. The number of nitrogens with zero attached hydrogens (tertiary/aromatic N) is 2. The van der Waals surface area contributed by atoms with E-state index in [-0.39, 0.29) is 11.9 Å². The molecule has 0 radical (unpaired) electrons. The van der Waals surface area contributed by atoms with Crippen LogP contribution in [0.3, 0.4) is 0 Å². The molecule has 5 nitrogen and oxygen atoms in total. The first-order valence-corrected chi connectivity index (χ1v) is 10.3. The number of likely N-dealkylation sites (N-methyl/N-ethyl adjacent to an activating group) is 1. The Balaban J connectivity index is 1.67. The van der Waals surface area contributed by atoms with Gasteiger partial charge in [0.05, 0.1) is 18.6 Å². The SMILES string of the molecule is COc1ccc(C2(C(=O)N3Cc4cc(C)ccc4OCC3CN(C)C)CC2)cc1. The average Bonchev–Trinajstić information content (AvgIpc) is 3.52. The Hall–Kier alpha value is -2.53. The Morgan fingerprint density at radius 1 is 1.21 bits per heavy atom. The molecular formula is C24H30N2O3. The molecule has 1 atom stereocenters. The summed E-state index contributed by atoms with van der Waals surface area (Å²) in [6.07, 6.45) is 1.79. The number of rotatable bonds is 5. The summed E-state index contributed by atoms with van der Waals surface area (Å²) in [4.78, 5) is 18.1. The van der Waals surface area contributed by atoms with Gasteiger partial charge in [-0.3, -0.25) is 4.79 Å². The van der Waals surface area contributed by atoms with Crippen molar-refractivity contribution in [2.24, 2.45) is 0 Å². The molecule has 1 fully saturated rings. The van der Waals surface area contributed by atoms with E-state index >= 15 is 0 Å². The van der Waals surface area contributed by atoms with Gasteiger partial charge in [0.1, 0.15) is 18.1 Å². The van der Waals surface area contributed by atoms with Gasteiger partial charge in [0.25, 0.3) is 0 Å². The van der Waals surface area contributed by atoms with Gasteiger partial charge in [0.15, 0.2) is 0 Å². The zero-order valence-electron chi connectivity index (χ0n) is 17.8. The van der Waals surface area contributed by atoms with E-state index in [0.29, 0.717) is 13.2 Å². The van der Waals surface area contributed by atoms with Crippen molar-refractivity contribution in [3.63, 3.8) is 0 Å². The predicted octanol–water partition coefficient (Wildman–Crippen LogP) is 3.39. The van der Waals surface area contributed by atoms with Gasteiger partial charge in [-0.1, -0.05) is 29.8 Å². The van der Waals surface area contributed by atoms with Crippen LogP contribution in [0.15, 0.2) is 42.5 Å². The van der Waals surface area contributed by atoms with Crippen molar-refractivity contribution in [2.75, 3.05) is 34.4 Å². The molecule has 1 amide bonds. The second-order valence-electron chi connectivity index (χ2n) is 8.58. The minimum absolute atomic E-state index is 0.0147. The van der Waals surface area contributed by atoms with Crippen molar-refractivity contribution in [1.82, 2.24) is 9.80 Å². The highest BCUT2D eigenvalue weighted by atomic mass is 16.5. The van der Waals surface area contributed by atoms with Crippen LogP contribution in [0.5, 0.6) is 11.5 Å². The molecule has 0 spiro atoms. The number of hydrogen-bond donors (Lipinski definition) is 0. The fourth-order valence-corrected chi connectivity index (χ4v) is 4.31. The van der Waals surface area contributed by atoms with Gasteiger partial charge < -0.3 is 19.3 Å². The van der Waals surface area contributed by atoms with Crippen molar-refractivity contribution in [3.05, 3.63) is 59.2 Å². The summed E-state index contributed by atoms with van der Waals surface area (Å²) in [7, 11) is 5.75. The molecule has 0 saturated heterocycles. The molecule has 0 N–H and O–H groups in total. The number of methoxy groups -OCH3 is 1. The number of hydrogen-bond acceptors (Lipinski definition) is 4. The Morgan fingerprint density at radius 3 is 2.55 bits per heavy atom. The quantitative estimate of drug-likeness (QED) is 0.780. The average molecular weight is 395 g/mol. The second-order valence-corrected chi connectivity index (χ2v) is 8.58. The Kier molecular flexibility index (Phi) is 5.26. The van der Waals surface area contributed by atoms with E-state index in [4.69, 9.17) is 9.47 Å². The normalized spacial score (nSPS) is 19.9. The van der Waals surface area contributed by atoms with E-state index in [0.717, 1.165) is 42.0 Å². The van der Waals surface area contributed by atoms with Crippen LogP contribution in [0.25, 0.3) is 0 Å². The van der Waals surface area contributed by atoms with E-state index in [1.807, 2.05) is 44.4 Å². The summed E-state index contributed by atoms with van der Waals surface area (Å²) in [5.41, 5.74) is 2.94. The number of carbonyl (C=O) groups excluding carboxylic acids is 1. The fourth-order valence-electron chi connectivity index (χ4n) is 4.31. The van der Waals surface area contributed by atoms with Crippen molar-refractivity contribution >= 4 is 5.91 Å². The smallest absolute Gasteiger partial charge is 0.233 e. The Morgan fingerprint density at radius 2 is 1.93 bits per heavy atom. The zero-order chi connectivity index (χ0) is 20.6. The summed E-state index contributed by atoms with van der Waals surface area (Å²) >= 11 is 0. The molecule has 1 aliphatic heterocycles. The molecule has 1 aliphatic carbocycles. The van der Waals surface area contributed by atoms with Crippen LogP contribution in [0.2, 0.25) is 0 Å². The summed E-state index contributed by atoms with van der Waals surface area (Å²) in [5.74, 6) is 1.92. The van der Waals surface area contributed by atoms with Crippen molar-refractivity contribution in [2.45, 2.75) is 37.8 Å². The second kappa shape index (κ2) is 7.71. The van der Waals surface area contributed by atoms with Gasteiger partial charge in [-0.2, -0.15) is 0 Å². The van der Waals surface area contributed by atoms with Gasteiger partial charge in [0.2, 0.25) is 5.91 Å². The van der Waals surface area contributed by atoms with Crippen LogP contribution in [-0.2, 0) is 16.8 Å². The molecule has 5 heteroatoms. The zero-order valence-corrected chi connectivity index (χ0v) is 17.8. The van der Waals surface area contributed by atoms with Gasteiger partial charge in [0, 0.05) is 18.7 Å². The minimum atomic E-state index is -0.412. The van der Waals surface area contributed by atoms with Crippen LogP contribution < -0.4 is 9.47 Å². The standard InChI is InChI=1S/C24H30N2O3/c1-17-5-10-22-18(13-17)14-26(20(16-29-22)15-25(2)3)23(27)24(11-12-24)19-6-8-21(28-4)9-7-19/h5-10,13,20H,11-12,14-16H2,1-4H3. The maximum absolute atomic E-state index is 13.9. The topological polar surface area (TPSA) is 42.0 Å². The minimum Gasteiger partial charge on any atom is -0.497 e. The summed E-state index contributed by atoms with van der Waals surface area (Å²) in [5, 5.41) is 0. The van der Waals surface area contributed by atoms with E-state index in [1.54, 1.807) is 7.11 Å². The van der Waals surface area contributed by atoms with Gasteiger partial charge in [-0.15, -0.1) is 0 Å². The van der Waals surface area contributed by atoms with Crippen molar-refractivity contribution < 1.29 is 14.3 Å². The third-order valence-corrected chi connectivity index (χ3v) is 6.07. The largest absolute Gasteiger partial charge is 0.497 e. The first-order valence-electron chi connectivity index (χ1n) is 10.3. The number of aryl methyl sites for hydroxylation is 1. The fraction of sp³-hybridized carbons (Fsp3) is 0.458. The van der Waals surface area contributed by atoms with E-state index in [2.05, 4.69) is 28.9 Å². The number of fused-ring (bicyclic) bond motifs is 1. The molecule has 1 heterocycles. The van der Waals surface area contributed by atoms with Gasteiger partial charge in [-0.25, -0.2) is 0 Å². The van der Waals surface area contributed by atoms with Gasteiger partial charge in [-0.05, 0) is 57.6 Å². The van der Waals surface area contributed by atoms with Crippen LogP contribution in [0.4, 0.5) is 0 Å². The van der Waals surface area contributed by atoms with Gasteiger partial charge >= 0.3 is 0 Å². The Bertz CT molecular complexity index is 887. The highest BCUT2D eigenvalue weighted by molar-refractivity contribution is 5.91. The number of benzene rings is 2. The van der Waals surface area contributed by atoms with Crippen molar-refractivity contribution in [1.29, 1.82) is 0 Å². The number of amides is 1. The first kappa shape index (κ1) is 19.8. The Labute approximate surface area is 173 Å².